The Morgan fingerprint density at radius 2 is 0.472 bits per heavy atom. The number of carboxylic acids is 6. The summed E-state index contributed by atoms with van der Waals surface area (Å²) in [5.74, 6) is -8.98. The largest absolute Gasteiger partial charge is 3.00 e. The van der Waals surface area contributed by atoms with Gasteiger partial charge in [-0.1, -0.05) is 290 Å². The molecule has 4 aromatic heterocycles. The minimum atomic E-state index is -1.01. The summed E-state index contributed by atoms with van der Waals surface area (Å²) in [7, 11) is 5.59. The van der Waals surface area contributed by atoms with E-state index in [1.807, 2.05) is 0 Å². The van der Waals surface area contributed by atoms with Gasteiger partial charge in [0.05, 0.1) is 114 Å². The smallest absolute Gasteiger partial charge is 0.870 e. The van der Waals surface area contributed by atoms with Crippen molar-refractivity contribution in [3.05, 3.63) is 213 Å². The Hall–Kier alpha value is -8.07. The van der Waals surface area contributed by atoms with Crippen LogP contribution in [-0.2, 0) is 55.2 Å². The van der Waals surface area contributed by atoms with Crippen LogP contribution in [0.4, 0.5) is 0 Å². The minimum absolute atomic E-state index is 0. The third-order valence-corrected chi connectivity index (χ3v) is 14.8. The zero-order valence-corrected chi connectivity index (χ0v) is 93.4. The van der Waals surface area contributed by atoms with Gasteiger partial charge >= 0.3 is 153 Å². The molecule has 0 bridgehead atoms. The summed E-state index contributed by atoms with van der Waals surface area (Å²) in [4.78, 5) is 98.9. The fourth-order valence-electron chi connectivity index (χ4n) is 6.77. The van der Waals surface area contributed by atoms with E-state index in [1.165, 1.54) is 89.7 Å². The molecule has 2 amide bonds. The molecule has 40 nitrogen and oxygen atoms in total. The van der Waals surface area contributed by atoms with Crippen molar-refractivity contribution >= 4 is 154 Å². The Labute approximate surface area is 975 Å². The molecule has 0 unspecified atom stereocenters. The van der Waals surface area contributed by atoms with Gasteiger partial charge in [0.2, 0.25) is 0 Å². The number of nitrogens with one attached hydrogen (secondary N) is 2. The molecule has 6 N–H and O–H groups in total. The van der Waals surface area contributed by atoms with Crippen LogP contribution in [-0.4, -0.2) is 162 Å². The SMILES string of the molecule is CC(C)(C)C(=O)[O-].CC(C)(C)C(=O)[O-].CC(C)(C)C(=O)[O-].CC(C)(C)C(=O)[O-].CC(C)(C)C(=O)[O-].CC(C)(C)C(=O)[O-].COc1cccc(/C=N/N=C(\[O-])c2cccc(CO)n2)c1[O-].COc1cccc(/C=N/N=C(\[O-])c2cccc(CO)n2)c1[O-].COc1cccc(/C=N/NC(=O)c2cccc(CO)n2)c1[O-].COc1cccc(/C=N/NC(=O)c2cccc(CO)n2)c1[O-].ClC(Cl)Cl.ClC(Cl)Cl.[Dy+3].[Dy+3].[Dy+3].[Dy+3]. The fraction of sp³-hybridized carbons (Fsp3) is 0.370. The van der Waals surface area contributed by atoms with E-state index in [1.54, 1.807) is 234 Å². The molecule has 8 rings (SSSR count). The van der Waals surface area contributed by atoms with Gasteiger partial charge in [0.1, 0.15) is 34.4 Å². The number of para-hydroxylation sites is 4. The van der Waals surface area contributed by atoms with Gasteiger partial charge in [0.15, 0.2) is 8.59 Å². The number of hydrogen-bond donors (Lipinski definition) is 6. The first-order valence-corrected chi connectivity index (χ1v) is 42.4. The molecule has 8 aromatic rings. The van der Waals surface area contributed by atoms with Gasteiger partial charge in [0.25, 0.3) is 11.8 Å². The van der Waals surface area contributed by atoms with E-state index < -0.39 is 101 Å². The van der Waals surface area contributed by atoms with Crippen LogP contribution >= 0.6 is 69.6 Å². The summed E-state index contributed by atoms with van der Waals surface area (Å²) in [6.07, 6.45) is 4.83. The molecule has 0 spiro atoms. The van der Waals surface area contributed by atoms with Crippen LogP contribution in [0.3, 0.4) is 0 Å². The van der Waals surface area contributed by atoms with E-state index in [-0.39, 0.29) is 270 Å². The third-order valence-electron chi connectivity index (χ3n) is 14.8. The first-order valence-electron chi connectivity index (χ1n) is 39.7. The maximum absolute atomic E-state index is 11.9. The predicted molar refractivity (Wildman–Crippen MR) is 498 cm³/mol. The minimum Gasteiger partial charge on any atom is -0.870 e. The average molecular weight is 2690 g/mol. The van der Waals surface area contributed by atoms with Crippen molar-refractivity contribution in [2.24, 2.45) is 63.1 Å². The van der Waals surface area contributed by atoms with E-state index in [9.17, 15) is 99.6 Å². The Morgan fingerprint density at radius 3 is 0.641 bits per heavy atom. The summed E-state index contributed by atoms with van der Waals surface area (Å²) < 4.78 is 18.1. The molecule has 0 aliphatic heterocycles. The number of alkyl halides is 6. The molecule has 0 aliphatic rings. The van der Waals surface area contributed by atoms with Gasteiger partial charge in [0, 0.05) is 80.1 Å². The van der Waals surface area contributed by atoms with Crippen molar-refractivity contribution in [3.63, 3.8) is 0 Å². The summed E-state index contributed by atoms with van der Waals surface area (Å²) >= 11 is 28.8. The number of hydrogen-bond acceptors (Lipinski definition) is 38. The molecular weight excluding hydrogens is 2580 g/mol. The number of benzene rings is 4. The number of methoxy groups -OCH3 is 4. The third kappa shape index (κ3) is 69.9. The number of rotatable bonds is 20. The van der Waals surface area contributed by atoms with Crippen LogP contribution in [0, 0.1) is 185 Å². The first kappa shape index (κ1) is 149. The first-order chi connectivity index (χ1) is 63.7. The Balaban J connectivity index is -0.000000240. The van der Waals surface area contributed by atoms with Gasteiger partial charge in [-0.25, -0.2) is 30.8 Å². The topological polar surface area (TPSA) is 681 Å². The van der Waals surface area contributed by atoms with Gasteiger partial charge in [-0.15, -0.1) is 0 Å². The molecule has 788 valence electrons. The van der Waals surface area contributed by atoms with E-state index in [2.05, 4.69) is 61.4 Å². The zero-order valence-electron chi connectivity index (χ0n) is 80.7. The number of pyridine rings is 4. The van der Waals surface area contributed by atoms with Crippen LogP contribution in [0.5, 0.6) is 46.0 Å². The molecule has 50 heteroatoms. The van der Waals surface area contributed by atoms with Crippen molar-refractivity contribution < 1.29 is 292 Å². The van der Waals surface area contributed by atoms with E-state index in [4.69, 9.17) is 109 Å². The van der Waals surface area contributed by atoms with Gasteiger partial charge < -0.3 is 129 Å². The number of ether oxygens (including phenoxy) is 4. The van der Waals surface area contributed by atoms with E-state index in [0.29, 0.717) is 22.8 Å². The molecule has 0 aliphatic carbocycles. The zero-order chi connectivity index (χ0) is 107. The number of carboxylic acid groups (broad SMARTS) is 6. The fourth-order valence-corrected chi connectivity index (χ4v) is 6.77. The number of carbonyl (C=O) groups is 8. The number of hydrazone groups is 2. The molecule has 4 heterocycles. The van der Waals surface area contributed by atoms with Crippen molar-refractivity contribution in [1.82, 2.24) is 30.8 Å². The summed E-state index contributed by atoms with van der Waals surface area (Å²) in [5.41, 5.74) is 3.33. The standard InChI is InChI=1S/4C15H15N3O4.6C5H10O2.2CHCl3.4Dy/c4*1-22-13-7-2-4-10(14(13)20)8-16-18-15(21)12-6-3-5-11(9-19)17-12;6*1-5(2,3)4(6)7;2*2-1(3)4;;;;/h4*2-8,19-20H,9H2,1H3,(H,18,21);6*1-3H3,(H,6,7);2*1H;;;;/q;;;;;;;;;;;;4*+3/p-12/b4*16-8+;;;;;;;;;;;;. The van der Waals surface area contributed by atoms with Crippen molar-refractivity contribution in [2.75, 3.05) is 28.4 Å². The van der Waals surface area contributed by atoms with E-state index >= 15 is 0 Å². The maximum atomic E-state index is 11.9. The molecular formula is C92H110Cl6Dy4N12O28. The molecule has 4 aromatic carbocycles. The second-order valence-electron chi connectivity index (χ2n) is 32.6. The van der Waals surface area contributed by atoms with Crippen LogP contribution < -0.4 is 91.1 Å². The number of aliphatic hydroxyl groups excluding tert-OH is 4. The number of aliphatic carboxylic acids is 6. The van der Waals surface area contributed by atoms with Gasteiger partial charge in [-0.3, -0.25) is 9.59 Å². The number of aromatic nitrogens is 4. The number of amides is 2. The van der Waals surface area contributed by atoms with E-state index in [0.717, 1.165) is 0 Å². The number of halogens is 6. The predicted octanol–water partition coefficient (Wildman–Crippen LogP) is 3.10. The van der Waals surface area contributed by atoms with Crippen molar-refractivity contribution in [1.29, 1.82) is 0 Å². The van der Waals surface area contributed by atoms with Crippen molar-refractivity contribution in [3.8, 4) is 46.0 Å². The van der Waals surface area contributed by atoms with Gasteiger partial charge in [-0.2, -0.15) is 30.6 Å². The molecule has 4 radical (unpaired) electrons. The number of carbonyl (C=O) groups excluding carboxylic acids is 8. The summed E-state index contributed by atoms with van der Waals surface area (Å²) in [5, 5.41) is 188. The van der Waals surface area contributed by atoms with Crippen LogP contribution in [0.25, 0.3) is 0 Å². The summed E-state index contributed by atoms with van der Waals surface area (Å²) in [6.45, 7) is 27.7. The monoisotopic (exact) mass is 2700 g/mol. The molecule has 0 fully saturated rings. The average Bonchev–Trinajstić information content (AvgIpc) is 0.863. The second-order valence-corrected chi connectivity index (χ2v) is 36.6. The Bertz CT molecular complexity index is 4880. The molecule has 0 atom stereocenters. The molecule has 142 heavy (non-hydrogen) atoms. The quantitative estimate of drug-likeness (QED) is 0.0276. The second kappa shape index (κ2) is 78.3. The Kier molecular flexibility index (Phi) is 82.3. The molecule has 0 saturated heterocycles. The normalized spacial score (nSPS) is 10.8. The summed E-state index contributed by atoms with van der Waals surface area (Å²) in [6, 6.07) is 37.6. The Morgan fingerprint density at radius 1 is 0.310 bits per heavy atom. The van der Waals surface area contributed by atoms with Crippen molar-refractivity contribution in [2.45, 2.75) is 160 Å². The van der Waals surface area contributed by atoms with Crippen LogP contribution in [0.1, 0.15) is 202 Å². The molecule has 0 saturated carbocycles. The van der Waals surface area contributed by atoms with Crippen LogP contribution in [0.2, 0.25) is 0 Å². The number of nitrogens with zero attached hydrogens (tertiary/aromatic N) is 10. The van der Waals surface area contributed by atoms with Gasteiger partial charge in [-0.05, 0) is 95.1 Å². The van der Waals surface area contributed by atoms with Crippen LogP contribution in [0.15, 0.2) is 176 Å². The number of aliphatic hydroxyl groups is 4. The maximum Gasteiger partial charge on any atom is 3.00 e.